The van der Waals surface area contributed by atoms with Gasteiger partial charge in [0, 0.05) is 29.9 Å². The van der Waals surface area contributed by atoms with E-state index in [1.807, 2.05) is 0 Å². The first-order chi connectivity index (χ1) is 17.6. The lowest BCUT2D eigenvalue weighted by Gasteiger charge is -2.34. The van der Waals surface area contributed by atoms with Crippen LogP contribution in [0.3, 0.4) is 0 Å². The average Bonchev–Trinajstić information content (AvgIpc) is 3.60. The molecule has 4 heterocycles. The number of likely N-dealkylation sites (tertiary alicyclic amines) is 3. The Morgan fingerprint density at radius 3 is 2.41 bits per heavy atom. The second-order valence-electron chi connectivity index (χ2n) is 9.40. The highest BCUT2D eigenvalue weighted by Crippen LogP contribution is 2.26. The molecule has 3 saturated heterocycles. The molecular weight excluding hydrogens is 542 g/mol. The van der Waals surface area contributed by atoms with Crippen molar-refractivity contribution < 1.29 is 27.6 Å². The second-order valence-corrected chi connectivity index (χ2v) is 12.7. The van der Waals surface area contributed by atoms with E-state index in [1.165, 1.54) is 32.1 Å². The maximum atomic E-state index is 13.2. The van der Waals surface area contributed by atoms with Crippen LogP contribution < -0.4 is 10.5 Å². The summed E-state index contributed by atoms with van der Waals surface area (Å²) >= 11 is 7.09. The number of nitrogens with two attached hydrogens (primary N) is 1. The average molecular weight is 572 g/mol. The zero-order valence-corrected chi connectivity index (χ0v) is 22.6. The Labute approximate surface area is 224 Å². The van der Waals surface area contributed by atoms with Crippen LogP contribution in [0, 0.1) is 0 Å². The molecule has 0 bridgehead atoms. The third kappa shape index (κ3) is 6.51. The zero-order valence-electron chi connectivity index (χ0n) is 20.2. The van der Waals surface area contributed by atoms with Gasteiger partial charge in [0.2, 0.25) is 33.7 Å². The summed E-state index contributed by atoms with van der Waals surface area (Å²) in [6.45, 7) is 0.865. The molecule has 0 aliphatic carbocycles. The Morgan fingerprint density at radius 2 is 1.73 bits per heavy atom. The molecule has 0 radical (unpaired) electrons. The maximum absolute atomic E-state index is 13.2. The summed E-state index contributed by atoms with van der Waals surface area (Å²) in [6, 6.07) is 1.00. The highest BCUT2D eigenvalue weighted by Gasteiger charge is 2.42. The lowest BCUT2D eigenvalue weighted by atomic mass is 10.1. The maximum Gasteiger partial charge on any atom is 0.246 e. The van der Waals surface area contributed by atoms with Gasteiger partial charge in [0.25, 0.3) is 0 Å². The molecule has 4 amide bonds. The first-order valence-electron chi connectivity index (χ1n) is 12.2. The lowest BCUT2D eigenvalue weighted by Crippen LogP contribution is -2.56. The van der Waals surface area contributed by atoms with Crippen LogP contribution in [-0.2, 0) is 29.2 Å². The summed E-state index contributed by atoms with van der Waals surface area (Å²) in [5, 5.41) is 0.991. The second kappa shape index (κ2) is 11.5. The van der Waals surface area contributed by atoms with Crippen LogP contribution in [0.25, 0.3) is 6.08 Å². The topological polar surface area (TPSA) is 150 Å². The van der Waals surface area contributed by atoms with Crippen LogP contribution in [0.2, 0.25) is 4.34 Å². The van der Waals surface area contributed by atoms with Gasteiger partial charge in [-0.1, -0.05) is 11.6 Å². The van der Waals surface area contributed by atoms with Crippen molar-refractivity contribution in [3.8, 4) is 0 Å². The number of piperidine rings is 1. The normalized spacial score (nSPS) is 24.8. The minimum atomic E-state index is -3.91. The van der Waals surface area contributed by atoms with Crippen LogP contribution in [0.5, 0.6) is 0 Å². The Balaban J connectivity index is 1.37. The summed E-state index contributed by atoms with van der Waals surface area (Å²) in [5.41, 5.74) is 5.45. The molecule has 0 saturated carbocycles. The van der Waals surface area contributed by atoms with Crippen molar-refractivity contribution in [2.75, 3.05) is 26.2 Å². The molecule has 0 aromatic carbocycles. The predicted molar refractivity (Wildman–Crippen MR) is 139 cm³/mol. The number of amides is 4. The third-order valence-corrected chi connectivity index (χ3v) is 9.20. The van der Waals surface area contributed by atoms with E-state index in [0.717, 1.165) is 5.41 Å². The summed E-state index contributed by atoms with van der Waals surface area (Å²) in [5.74, 6) is -1.70. The quantitative estimate of drug-likeness (QED) is 0.470. The van der Waals surface area contributed by atoms with E-state index in [0.29, 0.717) is 67.4 Å². The molecule has 202 valence electrons. The van der Waals surface area contributed by atoms with Gasteiger partial charge >= 0.3 is 0 Å². The van der Waals surface area contributed by atoms with Gasteiger partial charge in [0.1, 0.15) is 18.1 Å². The number of hydrogen-bond donors (Lipinski definition) is 2. The van der Waals surface area contributed by atoms with E-state index >= 15 is 0 Å². The van der Waals surface area contributed by atoms with Gasteiger partial charge in [-0.05, 0) is 56.7 Å². The molecule has 0 spiro atoms. The van der Waals surface area contributed by atoms with Crippen LogP contribution in [0.15, 0.2) is 17.5 Å². The number of carbonyl (C=O) groups is 4. The molecule has 3 atom stereocenters. The van der Waals surface area contributed by atoms with Crippen LogP contribution in [0.1, 0.15) is 43.4 Å². The number of primary amides is 1. The molecule has 0 unspecified atom stereocenters. The van der Waals surface area contributed by atoms with Gasteiger partial charge in [-0.15, -0.1) is 11.3 Å². The fourth-order valence-electron chi connectivity index (χ4n) is 5.11. The number of nitrogens with zero attached hydrogens (tertiary/aromatic N) is 3. The smallest absolute Gasteiger partial charge is 0.246 e. The van der Waals surface area contributed by atoms with Gasteiger partial charge < -0.3 is 20.4 Å². The number of thiophene rings is 1. The number of rotatable bonds is 8. The summed E-state index contributed by atoms with van der Waals surface area (Å²) in [6.07, 6.45) is 4.54. The summed E-state index contributed by atoms with van der Waals surface area (Å²) < 4.78 is 28.0. The van der Waals surface area contributed by atoms with E-state index < -0.39 is 40.0 Å². The summed E-state index contributed by atoms with van der Waals surface area (Å²) in [4.78, 5) is 56.0. The van der Waals surface area contributed by atoms with Crippen molar-refractivity contribution in [1.29, 1.82) is 0 Å². The molecule has 1 aromatic heterocycles. The predicted octanol–water partition coefficient (Wildman–Crippen LogP) is 0.750. The van der Waals surface area contributed by atoms with Crippen LogP contribution in [-0.4, -0.2) is 91.1 Å². The molecule has 14 heteroatoms. The molecular formula is C23H30ClN5O6S2. The van der Waals surface area contributed by atoms with Crippen LogP contribution >= 0.6 is 22.9 Å². The molecule has 3 aliphatic rings. The first-order valence-corrected chi connectivity index (χ1v) is 14.9. The minimum Gasteiger partial charge on any atom is -0.368 e. The van der Waals surface area contributed by atoms with E-state index in [1.54, 1.807) is 12.1 Å². The Bertz CT molecular complexity index is 1200. The first kappa shape index (κ1) is 27.6. The highest BCUT2D eigenvalue weighted by molar-refractivity contribution is 7.92. The molecule has 11 nitrogen and oxygen atoms in total. The molecule has 3 fully saturated rings. The third-order valence-electron chi connectivity index (χ3n) is 6.89. The molecule has 37 heavy (non-hydrogen) atoms. The zero-order chi connectivity index (χ0) is 26.7. The van der Waals surface area contributed by atoms with Crippen molar-refractivity contribution >= 4 is 62.7 Å². The van der Waals surface area contributed by atoms with Gasteiger partial charge in [0.15, 0.2) is 0 Å². The van der Waals surface area contributed by atoms with E-state index in [4.69, 9.17) is 17.3 Å². The Kier molecular flexibility index (Phi) is 8.56. The minimum absolute atomic E-state index is 0.246. The van der Waals surface area contributed by atoms with Gasteiger partial charge in [-0.2, -0.15) is 4.72 Å². The largest absolute Gasteiger partial charge is 0.368 e. The standard InChI is InChI=1S/C23H30ClN5O6S2/c24-19-8-7-15(36-19)9-13-37(34,35)26-16-4-1-10-27(22(16)32)14-20(30)28-11-3-6-18(28)23(33)29-12-2-5-17(29)21(25)31/h7-9,13,16-18,26H,1-6,10-12,14H2,(H2,25,31)/b13-9+/t16-,17-,18-/m0/s1. The monoisotopic (exact) mass is 571 g/mol. The highest BCUT2D eigenvalue weighted by atomic mass is 35.5. The van der Waals surface area contributed by atoms with E-state index in [-0.39, 0.29) is 18.4 Å². The number of sulfonamides is 1. The van der Waals surface area contributed by atoms with Crippen molar-refractivity contribution in [2.45, 2.75) is 56.7 Å². The van der Waals surface area contributed by atoms with Crippen molar-refractivity contribution in [3.05, 3.63) is 26.8 Å². The van der Waals surface area contributed by atoms with Gasteiger partial charge in [-0.3, -0.25) is 19.2 Å². The van der Waals surface area contributed by atoms with E-state index in [2.05, 4.69) is 4.72 Å². The Morgan fingerprint density at radius 1 is 1.05 bits per heavy atom. The molecule has 3 aliphatic heterocycles. The lowest BCUT2D eigenvalue weighted by molar-refractivity contribution is -0.149. The van der Waals surface area contributed by atoms with Crippen molar-refractivity contribution in [1.82, 2.24) is 19.4 Å². The number of nitrogens with one attached hydrogen (secondary N) is 1. The number of carbonyl (C=O) groups excluding carboxylic acids is 4. The molecule has 4 rings (SSSR count). The number of hydrogen-bond acceptors (Lipinski definition) is 7. The van der Waals surface area contributed by atoms with E-state index in [9.17, 15) is 27.6 Å². The number of halogens is 1. The molecule has 3 N–H and O–H groups in total. The van der Waals surface area contributed by atoms with Crippen molar-refractivity contribution in [2.24, 2.45) is 5.73 Å². The van der Waals surface area contributed by atoms with Gasteiger partial charge in [0.05, 0.1) is 10.9 Å². The molecule has 1 aromatic rings. The van der Waals surface area contributed by atoms with Gasteiger partial charge in [-0.25, -0.2) is 8.42 Å². The fraction of sp³-hybridized carbons (Fsp3) is 0.565. The fourth-order valence-corrected chi connectivity index (χ4v) is 7.18. The Hall–Kier alpha value is -2.48. The van der Waals surface area contributed by atoms with Crippen LogP contribution in [0.4, 0.5) is 0 Å². The summed E-state index contributed by atoms with van der Waals surface area (Å²) in [7, 11) is -3.91. The SMILES string of the molecule is NC(=O)[C@@H]1CCCN1C(=O)[C@@H]1CCCN1C(=O)CN1CCC[C@H](NS(=O)(=O)/C=C/c2ccc(Cl)s2)C1=O. The van der Waals surface area contributed by atoms with Crippen molar-refractivity contribution in [3.63, 3.8) is 0 Å².